The molecule has 0 radical (unpaired) electrons. The van der Waals surface area contributed by atoms with E-state index in [-0.39, 0.29) is 17.7 Å². The second kappa shape index (κ2) is 8.01. The van der Waals surface area contributed by atoms with Gasteiger partial charge in [-0.25, -0.2) is 0 Å². The highest BCUT2D eigenvalue weighted by Crippen LogP contribution is 2.36. The Balaban J connectivity index is 1.65. The van der Waals surface area contributed by atoms with Gasteiger partial charge in [0.15, 0.2) is 0 Å². The molecule has 146 valence electrons. The van der Waals surface area contributed by atoms with Crippen molar-refractivity contribution in [3.05, 3.63) is 76.7 Å². The fourth-order valence-electron chi connectivity index (χ4n) is 3.33. The van der Waals surface area contributed by atoms with Crippen molar-refractivity contribution in [1.29, 1.82) is 0 Å². The average Bonchev–Trinajstić information content (AvgIpc) is 3.01. The van der Waals surface area contributed by atoms with Crippen LogP contribution in [0.1, 0.15) is 11.1 Å². The van der Waals surface area contributed by atoms with Crippen molar-refractivity contribution < 1.29 is 19.1 Å². The van der Waals surface area contributed by atoms with Gasteiger partial charge in [0.25, 0.3) is 11.1 Å². The number of thioether (sulfide) groups is 1. The van der Waals surface area contributed by atoms with Crippen molar-refractivity contribution in [2.75, 3.05) is 14.2 Å². The SMILES string of the molecule is COc1ccc(OC)c(/C=C2/SC(=O)N(Cc3cccc4ccccc34)C2=O)c1. The van der Waals surface area contributed by atoms with E-state index >= 15 is 0 Å². The first-order valence-electron chi connectivity index (χ1n) is 9.04. The highest BCUT2D eigenvalue weighted by atomic mass is 32.2. The van der Waals surface area contributed by atoms with Crippen LogP contribution in [0.4, 0.5) is 4.79 Å². The standard InChI is InChI=1S/C23H19NO4S/c1-27-18-10-11-20(28-2)17(12-18)13-21-22(25)24(23(26)29-21)14-16-8-5-7-15-6-3-4-9-19(15)16/h3-13H,14H2,1-2H3/b21-13+. The highest BCUT2D eigenvalue weighted by Gasteiger charge is 2.35. The van der Waals surface area contributed by atoms with Gasteiger partial charge < -0.3 is 9.47 Å². The van der Waals surface area contributed by atoms with Gasteiger partial charge in [-0.1, -0.05) is 42.5 Å². The Labute approximate surface area is 172 Å². The van der Waals surface area contributed by atoms with Crippen LogP contribution in [0, 0.1) is 0 Å². The molecule has 0 unspecified atom stereocenters. The van der Waals surface area contributed by atoms with E-state index in [4.69, 9.17) is 9.47 Å². The minimum atomic E-state index is -0.308. The Morgan fingerprint density at radius 3 is 2.55 bits per heavy atom. The molecule has 1 fully saturated rings. The summed E-state index contributed by atoms with van der Waals surface area (Å²) in [6, 6.07) is 19.2. The first kappa shape index (κ1) is 19.1. The van der Waals surface area contributed by atoms with Crippen LogP contribution in [0.15, 0.2) is 65.6 Å². The third-order valence-electron chi connectivity index (χ3n) is 4.81. The van der Waals surface area contributed by atoms with Crippen molar-refractivity contribution in [1.82, 2.24) is 4.90 Å². The van der Waals surface area contributed by atoms with Crippen molar-refractivity contribution in [2.45, 2.75) is 6.54 Å². The maximum Gasteiger partial charge on any atom is 0.293 e. The van der Waals surface area contributed by atoms with Crippen molar-refractivity contribution in [3.63, 3.8) is 0 Å². The summed E-state index contributed by atoms with van der Waals surface area (Å²) in [6.07, 6.45) is 1.68. The summed E-state index contributed by atoms with van der Waals surface area (Å²) in [4.78, 5) is 27.2. The van der Waals surface area contributed by atoms with Crippen LogP contribution < -0.4 is 9.47 Å². The predicted octanol–water partition coefficient (Wildman–Crippen LogP) is 5.09. The number of methoxy groups -OCH3 is 2. The molecule has 0 spiro atoms. The number of carbonyl (C=O) groups excluding carboxylic acids is 2. The molecular formula is C23H19NO4S. The molecule has 1 aliphatic heterocycles. The molecule has 0 saturated carbocycles. The third kappa shape index (κ3) is 3.71. The van der Waals surface area contributed by atoms with Gasteiger partial charge in [-0.2, -0.15) is 0 Å². The molecule has 4 rings (SSSR count). The van der Waals surface area contributed by atoms with Gasteiger partial charge in [0, 0.05) is 5.56 Å². The van der Waals surface area contributed by atoms with Gasteiger partial charge in [0.1, 0.15) is 11.5 Å². The lowest BCUT2D eigenvalue weighted by molar-refractivity contribution is -0.123. The van der Waals surface area contributed by atoms with E-state index in [1.54, 1.807) is 38.5 Å². The van der Waals surface area contributed by atoms with E-state index in [0.717, 1.165) is 28.1 Å². The predicted molar refractivity (Wildman–Crippen MR) is 115 cm³/mol. The number of hydrogen-bond donors (Lipinski definition) is 0. The van der Waals surface area contributed by atoms with Crippen LogP contribution in [0.2, 0.25) is 0 Å². The monoisotopic (exact) mass is 405 g/mol. The summed E-state index contributed by atoms with van der Waals surface area (Å²) in [7, 11) is 3.13. The van der Waals surface area contributed by atoms with Gasteiger partial charge in [0.05, 0.1) is 25.7 Å². The van der Waals surface area contributed by atoms with Gasteiger partial charge in [-0.3, -0.25) is 14.5 Å². The van der Waals surface area contributed by atoms with E-state index in [1.807, 2.05) is 42.5 Å². The number of carbonyl (C=O) groups is 2. The molecule has 1 heterocycles. The summed E-state index contributed by atoms with van der Waals surface area (Å²) >= 11 is 0.936. The normalized spacial score (nSPS) is 15.4. The number of ether oxygens (including phenoxy) is 2. The summed E-state index contributed by atoms with van der Waals surface area (Å²) in [6.45, 7) is 0.235. The van der Waals surface area contributed by atoms with Gasteiger partial charge in [-0.05, 0) is 52.4 Å². The van der Waals surface area contributed by atoms with Crippen LogP contribution in [0.3, 0.4) is 0 Å². The van der Waals surface area contributed by atoms with Crippen LogP contribution >= 0.6 is 11.8 Å². The molecule has 1 saturated heterocycles. The molecule has 0 aromatic heterocycles. The number of rotatable bonds is 5. The first-order valence-corrected chi connectivity index (χ1v) is 9.86. The van der Waals surface area contributed by atoms with Crippen LogP contribution in [0.25, 0.3) is 16.8 Å². The fraction of sp³-hybridized carbons (Fsp3) is 0.130. The molecule has 0 aliphatic carbocycles. The number of hydrogen-bond acceptors (Lipinski definition) is 5. The second-order valence-corrected chi connectivity index (χ2v) is 7.51. The minimum Gasteiger partial charge on any atom is -0.497 e. The lowest BCUT2D eigenvalue weighted by Gasteiger charge is -2.14. The summed E-state index contributed by atoms with van der Waals surface area (Å²) in [5, 5.41) is 1.83. The molecule has 0 N–H and O–H groups in total. The first-order chi connectivity index (χ1) is 14.1. The smallest absolute Gasteiger partial charge is 0.293 e. The Morgan fingerprint density at radius 1 is 0.966 bits per heavy atom. The van der Waals surface area contributed by atoms with Gasteiger partial charge >= 0.3 is 0 Å². The zero-order chi connectivity index (χ0) is 20.4. The van der Waals surface area contributed by atoms with E-state index in [9.17, 15) is 9.59 Å². The van der Waals surface area contributed by atoms with Gasteiger partial charge in [-0.15, -0.1) is 0 Å². The van der Waals surface area contributed by atoms with Crippen LogP contribution in [-0.4, -0.2) is 30.3 Å². The Morgan fingerprint density at radius 2 is 1.76 bits per heavy atom. The third-order valence-corrected chi connectivity index (χ3v) is 5.71. The average molecular weight is 405 g/mol. The largest absolute Gasteiger partial charge is 0.497 e. The molecule has 3 aromatic rings. The molecule has 0 atom stereocenters. The maximum absolute atomic E-state index is 13.0. The lowest BCUT2D eigenvalue weighted by atomic mass is 10.0. The number of nitrogens with zero attached hydrogens (tertiary/aromatic N) is 1. The molecule has 2 amide bonds. The number of amides is 2. The van der Waals surface area contributed by atoms with E-state index < -0.39 is 0 Å². The molecule has 5 nitrogen and oxygen atoms in total. The van der Waals surface area contributed by atoms with E-state index in [2.05, 4.69) is 0 Å². The minimum absolute atomic E-state index is 0.235. The highest BCUT2D eigenvalue weighted by molar-refractivity contribution is 8.18. The Bertz CT molecular complexity index is 1130. The van der Waals surface area contributed by atoms with E-state index in [0.29, 0.717) is 22.0 Å². The van der Waals surface area contributed by atoms with Gasteiger partial charge in [0.2, 0.25) is 0 Å². The summed E-state index contributed by atoms with van der Waals surface area (Å²) in [5.74, 6) is 0.941. The number of imide groups is 1. The number of fused-ring (bicyclic) bond motifs is 1. The van der Waals surface area contributed by atoms with Crippen molar-refractivity contribution in [2.24, 2.45) is 0 Å². The molecule has 1 aliphatic rings. The maximum atomic E-state index is 13.0. The topological polar surface area (TPSA) is 55.8 Å². The number of benzene rings is 3. The Hall–Kier alpha value is -3.25. The van der Waals surface area contributed by atoms with Crippen LogP contribution in [0.5, 0.6) is 11.5 Å². The molecular weight excluding hydrogens is 386 g/mol. The summed E-state index contributed by atoms with van der Waals surface area (Å²) in [5.41, 5.74) is 1.62. The molecule has 0 bridgehead atoms. The molecule has 6 heteroatoms. The Kier molecular flexibility index (Phi) is 5.27. The van der Waals surface area contributed by atoms with Crippen molar-refractivity contribution in [3.8, 4) is 11.5 Å². The van der Waals surface area contributed by atoms with E-state index in [1.165, 1.54) is 4.90 Å². The fourth-order valence-corrected chi connectivity index (χ4v) is 4.16. The van der Waals surface area contributed by atoms with Crippen LogP contribution in [-0.2, 0) is 11.3 Å². The molecule has 29 heavy (non-hydrogen) atoms. The molecule has 3 aromatic carbocycles. The summed E-state index contributed by atoms with van der Waals surface area (Å²) < 4.78 is 10.6. The zero-order valence-electron chi connectivity index (χ0n) is 16.0. The quantitative estimate of drug-likeness (QED) is 0.553. The lowest BCUT2D eigenvalue weighted by Crippen LogP contribution is -2.27. The second-order valence-electron chi connectivity index (χ2n) is 6.51. The zero-order valence-corrected chi connectivity index (χ0v) is 16.9. The van der Waals surface area contributed by atoms with Crippen molar-refractivity contribution >= 4 is 39.8 Å².